The Morgan fingerprint density at radius 3 is 2.75 bits per heavy atom. The maximum absolute atomic E-state index is 6.32. The summed E-state index contributed by atoms with van der Waals surface area (Å²) in [7, 11) is 1.78. The molecule has 0 atom stereocenters. The molecule has 5 nitrogen and oxygen atoms in total. The quantitative estimate of drug-likeness (QED) is 0.312. The highest BCUT2D eigenvalue weighted by Crippen LogP contribution is 2.37. The highest BCUT2D eigenvalue weighted by Gasteiger charge is 2.16. The van der Waals surface area contributed by atoms with E-state index in [1.807, 2.05) is 12.1 Å². The van der Waals surface area contributed by atoms with Crippen molar-refractivity contribution < 1.29 is 9.47 Å². The van der Waals surface area contributed by atoms with Gasteiger partial charge in [-0.25, -0.2) is 0 Å². The van der Waals surface area contributed by atoms with E-state index in [0.29, 0.717) is 36.6 Å². The predicted molar refractivity (Wildman–Crippen MR) is 108 cm³/mol. The number of fused-ring (bicyclic) bond motifs is 1. The minimum absolute atomic E-state index is 0. The number of hydrogen-bond acceptors (Lipinski definition) is 3. The van der Waals surface area contributed by atoms with Crippen molar-refractivity contribution in [3.05, 3.63) is 34.9 Å². The lowest BCUT2D eigenvalue weighted by molar-refractivity contribution is 0.297. The molecule has 1 heterocycles. The van der Waals surface area contributed by atoms with Gasteiger partial charge in [0.15, 0.2) is 17.5 Å². The first-order valence-corrected chi connectivity index (χ1v) is 8.34. The molecular weight excluding hydrogens is 441 g/mol. The molecule has 0 fully saturated rings. The summed E-state index contributed by atoms with van der Waals surface area (Å²) >= 11 is 6.32. The summed E-state index contributed by atoms with van der Waals surface area (Å²) < 4.78 is 11.4. The van der Waals surface area contributed by atoms with Crippen LogP contribution in [-0.4, -0.2) is 32.3 Å². The van der Waals surface area contributed by atoms with E-state index in [9.17, 15) is 0 Å². The third kappa shape index (κ3) is 4.92. The monoisotopic (exact) mass is 463 g/mol. The predicted octanol–water partition coefficient (Wildman–Crippen LogP) is 3.50. The van der Waals surface area contributed by atoms with Gasteiger partial charge in [0.25, 0.3) is 0 Å². The van der Waals surface area contributed by atoms with Gasteiger partial charge in [0.1, 0.15) is 0 Å². The molecule has 1 aromatic rings. The molecule has 1 aliphatic carbocycles. The van der Waals surface area contributed by atoms with Crippen molar-refractivity contribution in [3.63, 3.8) is 0 Å². The lowest BCUT2D eigenvalue weighted by atomic mass is 10.2. The summed E-state index contributed by atoms with van der Waals surface area (Å²) in [6, 6.07) is 4.31. The Hall–Kier alpha value is -1.15. The molecule has 24 heavy (non-hydrogen) atoms. The highest BCUT2D eigenvalue weighted by atomic mass is 127. The van der Waals surface area contributed by atoms with Crippen molar-refractivity contribution >= 4 is 41.5 Å². The van der Waals surface area contributed by atoms with Crippen molar-refractivity contribution in [1.82, 2.24) is 10.6 Å². The third-order valence-electron chi connectivity index (χ3n) is 3.89. The molecule has 2 N–H and O–H groups in total. The number of guanidine groups is 1. The van der Waals surface area contributed by atoms with Gasteiger partial charge in [-0.2, -0.15) is 0 Å². The van der Waals surface area contributed by atoms with Crippen molar-refractivity contribution in [2.24, 2.45) is 4.99 Å². The summed E-state index contributed by atoms with van der Waals surface area (Å²) in [5, 5.41) is 7.32. The number of nitrogens with zero attached hydrogens (tertiary/aromatic N) is 1. The van der Waals surface area contributed by atoms with E-state index in [1.54, 1.807) is 7.05 Å². The van der Waals surface area contributed by atoms with Crippen LogP contribution >= 0.6 is 35.6 Å². The molecule has 0 saturated heterocycles. The normalized spacial score (nSPS) is 17.2. The average Bonchev–Trinajstić information content (AvgIpc) is 2.94. The molecule has 132 valence electrons. The second-order valence-electron chi connectivity index (χ2n) is 5.67. The lowest BCUT2D eigenvalue weighted by Gasteiger charge is -2.17. The molecule has 1 aliphatic heterocycles. The first kappa shape index (κ1) is 19.2. The van der Waals surface area contributed by atoms with Gasteiger partial charge >= 0.3 is 0 Å². The van der Waals surface area contributed by atoms with E-state index in [4.69, 9.17) is 21.1 Å². The fraction of sp³-hybridized carbons (Fsp3) is 0.471. The minimum Gasteiger partial charge on any atom is -0.489 e. The second kappa shape index (κ2) is 9.36. The number of nitrogens with one attached hydrogen (secondary N) is 2. The summed E-state index contributed by atoms with van der Waals surface area (Å²) in [4.78, 5) is 4.27. The van der Waals surface area contributed by atoms with Gasteiger partial charge in [-0.15, -0.1) is 24.0 Å². The zero-order valence-corrected chi connectivity index (χ0v) is 16.8. The summed E-state index contributed by atoms with van der Waals surface area (Å²) in [5.74, 6) is 2.16. The number of benzene rings is 1. The zero-order chi connectivity index (χ0) is 16.1. The van der Waals surface area contributed by atoms with E-state index in [0.717, 1.165) is 36.5 Å². The van der Waals surface area contributed by atoms with Gasteiger partial charge in [-0.3, -0.25) is 4.99 Å². The van der Waals surface area contributed by atoms with Crippen LogP contribution in [0.4, 0.5) is 0 Å². The van der Waals surface area contributed by atoms with Crippen molar-refractivity contribution in [3.8, 4) is 11.5 Å². The molecule has 1 aromatic carbocycles. The second-order valence-corrected chi connectivity index (χ2v) is 6.07. The Bertz CT molecular complexity index is 614. The van der Waals surface area contributed by atoms with Crippen LogP contribution in [0.5, 0.6) is 11.5 Å². The number of halogens is 2. The maximum atomic E-state index is 6.32. The van der Waals surface area contributed by atoms with E-state index in [-0.39, 0.29) is 24.0 Å². The Kier molecular flexibility index (Phi) is 7.48. The fourth-order valence-corrected chi connectivity index (χ4v) is 2.98. The topological polar surface area (TPSA) is 54.9 Å². The number of aliphatic imine (C=N–C) groups is 1. The molecule has 0 unspecified atom stereocenters. The van der Waals surface area contributed by atoms with Gasteiger partial charge in [-0.1, -0.05) is 23.8 Å². The third-order valence-corrected chi connectivity index (χ3v) is 4.17. The summed E-state index contributed by atoms with van der Waals surface area (Å²) in [5.41, 5.74) is 1.03. The maximum Gasteiger partial charge on any atom is 0.191 e. The average molecular weight is 464 g/mol. The minimum atomic E-state index is 0. The Morgan fingerprint density at radius 2 is 2.00 bits per heavy atom. The van der Waals surface area contributed by atoms with E-state index in [2.05, 4.69) is 27.8 Å². The van der Waals surface area contributed by atoms with Crippen molar-refractivity contribution in [2.45, 2.75) is 31.8 Å². The molecule has 3 rings (SSSR count). The SMILES string of the molecule is CN=C(NCc1cc(Cl)c2c(c1)OCCCO2)NC1CC=CC1.I. The van der Waals surface area contributed by atoms with E-state index in [1.165, 1.54) is 0 Å². The Morgan fingerprint density at radius 1 is 1.25 bits per heavy atom. The van der Waals surface area contributed by atoms with Crippen molar-refractivity contribution in [2.75, 3.05) is 20.3 Å². The number of rotatable bonds is 3. The molecule has 0 radical (unpaired) electrons. The lowest BCUT2D eigenvalue weighted by Crippen LogP contribution is -2.42. The molecule has 0 amide bonds. The van der Waals surface area contributed by atoms with Crippen LogP contribution in [0, 0.1) is 0 Å². The van der Waals surface area contributed by atoms with Gasteiger partial charge in [-0.05, 0) is 30.5 Å². The first-order chi connectivity index (χ1) is 11.3. The van der Waals surface area contributed by atoms with Crippen LogP contribution in [0.1, 0.15) is 24.8 Å². The largest absolute Gasteiger partial charge is 0.489 e. The molecular formula is C17H23ClIN3O2. The van der Waals surface area contributed by atoms with Gasteiger partial charge in [0.05, 0.1) is 18.2 Å². The molecule has 7 heteroatoms. The zero-order valence-electron chi connectivity index (χ0n) is 13.7. The Balaban J connectivity index is 0.00000208. The summed E-state index contributed by atoms with van der Waals surface area (Å²) in [6.45, 7) is 1.91. The van der Waals surface area contributed by atoms with Crippen molar-refractivity contribution in [1.29, 1.82) is 0 Å². The van der Waals surface area contributed by atoms with Gasteiger partial charge in [0.2, 0.25) is 0 Å². The van der Waals surface area contributed by atoms with Gasteiger partial charge < -0.3 is 20.1 Å². The van der Waals surface area contributed by atoms with Crippen LogP contribution in [0.3, 0.4) is 0 Å². The summed E-state index contributed by atoms with van der Waals surface area (Å²) in [6.07, 6.45) is 7.32. The molecule has 0 aromatic heterocycles. The van der Waals surface area contributed by atoms with Crippen LogP contribution in [0.2, 0.25) is 5.02 Å². The van der Waals surface area contributed by atoms with Crippen LogP contribution < -0.4 is 20.1 Å². The van der Waals surface area contributed by atoms with E-state index >= 15 is 0 Å². The van der Waals surface area contributed by atoms with E-state index < -0.39 is 0 Å². The standard InChI is InChI=1S/C17H22ClN3O2.HI/c1-19-17(21-13-5-2-3-6-13)20-11-12-9-14(18)16-15(10-12)22-7-4-8-23-16;/h2-3,9-10,13H,4-8,11H2,1H3,(H2,19,20,21);1H. The smallest absolute Gasteiger partial charge is 0.191 e. The first-order valence-electron chi connectivity index (χ1n) is 7.96. The molecule has 0 spiro atoms. The fourth-order valence-electron chi connectivity index (χ4n) is 2.70. The van der Waals surface area contributed by atoms with Crippen LogP contribution in [0.25, 0.3) is 0 Å². The molecule has 0 bridgehead atoms. The number of ether oxygens (including phenoxy) is 2. The highest BCUT2D eigenvalue weighted by molar-refractivity contribution is 14.0. The van der Waals surface area contributed by atoms with Gasteiger partial charge in [0, 0.05) is 26.1 Å². The Labute approximate surface area is 164 Å². The molecule has 0 saturated carbocycles. The number of hydrogen-bond donors (Lipinski definition) is 2. The molecule has 2 aliphatic rings. The van der Waals surface area contributed by atoms with Crippen LogP contribution in [0.15, 0.2) is 29.3 Å². The van der Waals surface area contributed by atoms with Crippen LogP contribution in [-0.2, 0) is 6.54 Å².